The predicted octanol–water partition coefficient (Wildman–Crippen LogP) is 1.57. The lowest BCUT2D eigenvalue weighted by Crippen LogP contribution is -2.31. The van der Waals surface area contributed by atoms with Crippen LogP contribution in [-0.4, -0.2) is 44.5 Å². The molecule has 1 aromatic carbocycles. The standard InChI is InChI=1S/C12H14ClNO4S/c1-18-12-4-3-9(7-10(12)13)11(15)8-14-5-2-6-19(14,16)17/h3-4,7H,2,5-6,8H2,1H3. The average molecular weight is 304 g/mol. The number of carbonyl (C=O) groups is 1. The molecule has 0 unspecified atom stereocenters. The van der Waals surface area contributed by atoms with Gasteiger partial charge in [0, 0.05) is 12.1 Å². The number of hydrogen-bond acceptors (Lipinski definition) is 4. The summed E-state index contributed by atoms with van der Waals surface area (Å²) < 4.78 is 29.5. The molecular weight excluding hydrogens is 290 g/mol. The van der Waals surface area contributed by atoms with Gasteiger partial charge in [-0.15, -0.1) is 0 Å². The SMILES string of the molecule is COc1ccc(C(=O)CN2CCCS2(=O)=O)cc1Cl. The fourth-order valence-corrected chi connectivity index (χ4v) is 3.69. The summed E-state index contributed by atoms with van der Waals surface area (Å²) in [6, 6.07) is 4.66. The Morgan fingerprint density at radius 2 is 2.21 bits per heavy atom. The predicted molar refractivity (Wildman–Crippen MR) is 72.3 cm³/mol. The number of methoxy groups -OCH3 is 1. The zero-order chi connectivity index (χ0) is 14.0. The second kappa shape index (κ2) is 5.48. The normalized spacial score (nSPS) is 18.4. The van der Waals surface area contributed by atoms with E-state index in [0.717, 1.165) is 0 Å². The molecule has 0 saturated carbocycles. The Morgan fingerprint density at radius 3 is 2.74 bits per heavy atom. The third-order valence-corrected chi connectivity index (χ3v) is 5.20. The van der Waals surface area contributed by atoms with Crippen LogP contribution in [0.2, 0.25) is 5.02 Å². The van der Waals surface area contributed by atoms with E-state index in [1.165, 1.54) is 17.5 Å². The van der Waals surface area contributed by atoms with Crippen LogP contribution in [0.1, 0.15) is 16.8 Å². The van der Waals surface area contributed by atoms with Gasteiger partial charge in [0.1, 0.15) is 5.75 Å². The van der Waals surface area contributed by atoms with E-state index in [2.05, 4.69) is 0 Å². The van der Waals surface area contributed by atoms with Crippen molar-refractivity contribution in [3.05, 3.63) is 28.8 Å². The Balaban J connectivity index is 2.14. The monoisotopic (exact) mass is 303 g/mol. The number of hydrogen-bond donors (Lipinski definition) is 0. The van der Waals surface area contributed by atoms with Crippen molar-refractivity contribution in [3.63, 3.8) is 0 Å². The van der Waals surface area contributed by atoms with Gasteiger partial charge in [-0.05, 0) is 24.6 Å². The molecule has 1 aromatic rings. The molecule has 0 bridgehead atoms. The quantitative estimate of drug-likeness (QED) is 0.792. The maximum atomic E-state index is 12.0. The van der Waals surface area contributed by atoms with E-state index in [0.29, 0.717) is 29.3 Å². The third kappa shape index (κ3) is 3.08. The van der Waals surface area contributed by atoms with Crippen molar-refractivity contribution in [2.45, 2.75) is 6.42 Å². The summed E-state index contributed by atoms with van der Waals surface area (Å²) in [7, 11) is -1.77. The largest absolute Gasteiger partial charge is 0.495 e. The van der Waals surface area contributed by atoms with Crippen LogP contribution in [0.4, 0.5) is 0 Å². The lowest BCUT2D eigenvalue weighted by molar-refractivity contribution is 0.0969. The molecule has 0 radical (unpaired) electrons. The van der Waals surface area contributed by atoms with Crippen LogP contribution in [0, 0.1) is 0 Å². The van der Waals surface area contributed by atoms with Crippen molar-refractivity contribution in [2.75, 3.05) is 26.0 Å². The zero-order valence-electron chi connectivity index (χ0n) is 10.4. The van der Waals surface area contributed by atoms with Gasteiger partial charge in [0.25, 0.3) is 0 Å². The van der Waals surface area contributed by atoms with E-state index in [-0.39, 0.29) is 18.1 Å². The number of halogens is 1. The number of ketones is 1. The molecule has 0 aromatic heterocycles. The summed E-state index contributed by atoms with van der Waals surface area (Å²) in [6.45, 7) is 0.267. The van der Waals surface area contributed by atoms with Crippen LogP contribution in [0.5, 0.6) is 5.75 Å². The molecule has 104 valence electrons. The topological polar surface area (TPSA) is 63.7 Å². The van der Waals surface area contributed by atoms with Gasteiger partial charge in [-0.1, -0.05) is 11.6 Å². The van der Waals surface area contributed by atoms with Crippen LogP contribution < -0.4 is 4.74 Å². The first-order valence-corrected chi connectivity index (χ1v) is 7.77. The fraction of sp³-hybridized carbons (Fsp3) is 0.417. The number of ether oxygens (including phenoxy) is 1. The van der Waals surface area contributed by atoms with Gasteiger partial charge in [-0.2, -0.15) is 4.31 Å². The minimum atomic E-state index is -3.26. The Kier molecular flexibility index (Phi) is 4.13. The zero-order valence-corrected chi connectivity index (χ0v) is 12.0. The van der Waals surface area contributed by atoms with Gasteiger partial charge in [-0.3, -0.25) is 4.79 Å². The summed E-state index contributed by atoms with van der Waals surface area (Å²) in [5.74, 6) is 0.325. The molecule has 0 amide bonds. The van der Waals surface area contributed by atoms with Gasteiger partial charge in [-0.25, -0.2) is 8.42 Å². The third-order valence-electron chi connectivity index (χ3n) is 3.00. The smallest absolute Gasteiger partial charge is 0.214 e. The van der Waals surface area contributed by atoms with Gasteiger partial charge < -0.3 is 4.74 Å². The first-order chi connectivity index (χ1) is 8.94. The number of benzene rings is 1. The number of nitrogens with zero attached hydrogens (tertiary/aromatic N) is 1. The van der Waals surface area contributed by atoms with Crippen LogP contribution in [0.3, 0.4) is 0 Å². The summed E-state index contributed by atoms with van der Waals surface area (Å²) in [6.07, 6.45) is 0.568. The van der Waals surface area contributed by atoms with Crippen LogP contribution >= 0.6 is 11.6 Å². The highest BCUT2D eigenvalue weighted by atomic mass is 35.5. The maximum absolute atomic E-state index is 12.0. The Labute approximate surface area is 117 Å². The number of sulfonamides is 1. The molecule has 1 aliphatic heterocycles. The molecular formula is C12H14ClNO4S. The first-order valence-electron chi connectivity index (χ1n) is 5.78. The lowest BCUT2D eigenvalue weighted by atomic mass is 10.1. The molecule has 1 fully saturated rings. The molecule has 19 heavy (non-hydrogen) atoms. The van der Waals surface area contributed by atoms with E-state index in [9.17, 15) is 13.2 Å². The molecule has 0 N–H and O–H groups in total. The number of Topliss-reactive ketones (excluding diaryl/α,β-unsaturated/α-hetero) is 1. The van der Waals surface area contributed by atoms with E-state index in [4.69, 9.17) is 16.3 Å². The highest BCUT2D eigenvalue weighted by molar-refractivity contribution is 7.89. The maximum Gasteiger partial charge on any atom is 0.214 e. The fourth-order valence-electron chi connectivity index (χ4n) is 1.96. The average Bonchev–Trinajstić information content (AvgIpc) is 2.68. The Bertz CT molecular complexity index is 600. The van der Waals surface area contributed by atoms with Gasteiger partial charge in [0.15, 0.2) is 5.78 Å². The van der Waals surface area contributed by atoms with E-state index >= 15 is 0 Å². The highest BCUT2D eigenvalue weighted by Crippen LogP contribution is 2.25. The molecule has 1 aliphatic rings. The summed E-state index contributed by atoms with van der Waals surface area (Å²) >= 11 is 5.94. The summed E-state index contributed by atoms with van der Waals surface area (Å²) in [5.41, 5.74) is 0.382. The second-order valence-electron chi connectivity index (χ2n) is 4.28. The van der Waals surface area contributed by atoms with Gasteiger partial charge in [0.05, 0.1) is 24.4 Å². The molecule has 0 spiro atoms. The summed E-state index contributed by atoms with van der Waals surface area (Å²) in [5, 5.41) is 0.331. The van der Waals surface area contributed by atoms with Crippen molar-refractivity contribution in [1.82, 2.24) is 4.31 Å². The van der Waals surface area contributed by atoms with Crippen LogP contribution in [-0.2, 0) is 10.0 Å². The van der Waals surface area contributed by atoms with Crippen LogP contribution in [0.15, 0.2) is 18.2 Å². The van der Waals surface area contributed by atoms with E-state index < -0.39 is 10.0 Å². The second-order valence-corrected chi connectivity index (χ2v) is 6.77. The molecule has 0 aliphatic carbocycles. The minimum Gasteiger partial charge on any atom is -0.495 e. The number of carbonyl (C=O) groups excluding carboxylic acids is 1. The van der Waals surface area contributed by atoms with E-state index in [1.807, 2.05) is 0 Å². The Hall–Kier alpha value is -1.11. The molecule has 7 heteroatoms. The molecule has 1 heterocycles. The molecule has 1 saturated heterocycles. The minimum absolute atomic E-state index is 0.115. The number of rotatable bonds is 4. The van der Waals surface area contributed by atoms with Crippen molar-refractivity contribution in [2.24, 2.45) is 0 Å². The Morgan fingerprint density at radius 1 is 1.47 bits per heavy atom. The summed E-state index contributed by atoms with van der Waals surface area (Å²) in [4.78, 5) is 12.0. The molecule has 0 atom stereocenters. The van der Waals surface area contributed by atoms with E-state index in [1.54, 1.807) is 12.1 Å². The molecule has 5 nitrogen and oxygen atoms in total. The highest BCUT2D eigenvalue weighted by Gasteiger charge is 2.30. The molecule has 2 rings (SSSR count). The van der Waals surface area contributed by atoms with Gasteiger partial charge in [0.2, 0.25) is 10.0 Å². The van der Waals surface area contributed by atoms with Crippen molar-refractivity contribution >= 4 is 27.4 Å². The van der Waals surface area contributed by atoms with Crippen molar-refractivity contribution in [1.29, 1.82) is 0 Å². The first kappa shape index (κ1) is 14.3. The van der Waals surface area contributed by atoms with Crippen LogP contribution in [0.25, 0.3) is 0 Å². The van der Waals surface area contributed by atoms with Gasteiger partial charge >= 0.3 is 0 Å². The van der Waals surface area contributed by atoms with Crippen molar-refractivity contribution in [3.8, 4) is 5.75 Å². The lowest BCUT2D eigenvalue weighted by Gasteiger charge is -2.13. The van der Waals surface area contributed by atoms with Crippen molar-refractivity contribution < 1.29 is 17.9 Å².